The zero-order valence-corrected chi connectivity index (χ0v) is 15.0. The molecule has 0 radical (unpaired) electrons. The summed E-state index contributed by atoms with van der Waals surface area (Å²) in [7, 11) is 2.26. The Labute approximate surface area is 146 Å². The maximum absolute atomic E-state index is 10.4. The van der Waals surface area contributed by atoms with Gasteiger partial charge in [0, 0.05) is 11.6 Å². The smallest absolute Gasteiger partial charge is 0.123 e. The van der Waals surface area contributed by atoms with Gasteiger partial charge in [0.15, 0.2) is 0 Å². The van der Waals surface area contributed by atoms with Crippen molar-refractivity contribution in [2.45, 2.75) is 51.5 Å². The van der Waals surface area contributed by atoms with Crippen molar-refractivity contribution in [1.82, 2.24) is 4.90 Å². The largest absolute Gasteiger partial charge is 0.507 e. The summed E-state index contributed by atoms with van der Waals surface area (Å²) >= 11 is 0. The van der Waals surface area contributed by atoms with Gasteiger partial charge in [0.1, 0.15) is 5.75 Å². The van der Waals surface area contributed by atoms with Crippen LogP contribution in [0.3, 0.4) is 0 Å². The summed E-state index contributed by atoms with van der Waals surface area (Å²) in [6.45, 7) is 3.38. The SMILES string of the molecule is CCc1ccc(O)c(-c2ccccc2CCC2CCCCN2C)c1. The molecule has 0 spiro atoms. The van der Waals surface area contributed by atoms with E-state index < -0.39 is 0 Å². The molecule has 1 atom stereocenters. The predicted molar refractivity (Wildman–Crippen MR) is 102 cm³/mol. The summed E-state index contributed by atoms with van der Waals surface area (Å²) in [5.41, 5.74) is 4.77. The van der Waals surface area contributed by atoms with Crippen LogP contribution in [-0.4, -0.2) is 29.6 Å². The fourth-order valence-electron chi connectivity index (χ4n) is 3.85. The molecule has 128 valence electrons. The van der Waals surface area contributed by atoms with Gasteiger partial charge in [0.05, 0.1) is 0 Å². The first kappa shape index (κ1) is 17.0. The summed E-state index contributed by atoms with van der Waals surface area (Å²) in [6.07, 6.45) is 7.26. The Morgan fingerprint density at radius 3 is 2.71 bits per heavy atom. The highest BCUT2D eigenvalue weighted by Crippen LogP contribution is 2.33. The van der Waals surface area contributed by atoms with E-state index in [1.807, 2.05) is 12.1 Å². The lowest BCUT2D eigenvalue weighted by Gasteiger charge is -2.32. The second kappa shape index (κ2) is 7.85. The molecule has 2 aromatic carbocycles. The Kier molecular flexibility index (Phi) is 5.57. The molecule has 0 saturated carbocycles. The monoisotopic (exact) mass is 323 g/mol. The molecule has 0 aromatic heterocycles. The lowest BCUT2D eigenvalue weighted by Crippen LogP contribution is -2.36. The Morgan fingerprint density at radius 1 is 1.08 bits per heavy atom. The van der Waals surface area contributed by atoms with Crippen molar-refractivity contribution in [2.75, 3.05) is 13.6 Å². The van der Waals surface area contributed by atoms with E-state index in [1.54, 1.807) is 0 Å². The molecule has 2 heteroatoms. The minimum absolute atomic E-state index is 0.384. The first-order chi connectivity index (χ1) is 11.7. The third-order valence-electron chi connectivity index (χ3n) is 5.45. The number of aryl methyl sites for hydroxylation is 2. The molecule has 0 amide bonds. The van der Waals surface area contributed by atoms with Gasteiger partial charge in [0.2, 0.25) is 0 Å². The normalized spacial score (nSPS) is 18.7. The molecule has 2 aromatic rings. The number of likely N-dealkylation sites (tertiary alicyclic amines) is 1. The molecule has 1 N–H and O–H groups in total. The van der Waals surface area contributed by atoms with Gasteiger partial charge in [-0.3, -0.25) is 0 Å². The van der Waals surface area contributed by atoms with E-state index in [4.69, 9.17) is 0 Å². The maximum atomic E-state index is 10.4. The molecule has 1 aliphatic rings. The number of phenols is 1. The van der Waals surface area contributed by atoms with Crippen molar-refractivity contribution in [3.63, 3.8) is 0 Å². The summed E-state index contributed by atoms with van der Waals surface area (Å²) in [5.74, 6) is 0.384. The van der Waals surface area contributed by atoms with Gasteiger partial charge < -0.3 is 10.0 Å². The Hall–Kier alpha value is -1.80. The Bertz CT molecular complexity index is 679. The van der Waals surface area contributed by atoms with Crippen LogP contribution in [0.2, 0.25) is 0 Å². The first-order valence-corrected chi connectivity index (χ1v) is 9.29. The number of hydrogen-bond donors (Lipinski definition) is 1. The molecule has 1 heterocycles. The topological polar surface area (TPSA) is 23.5 Å². The molecule has 1 fully saturated rings. The minimum Gasteiger partial charge on any atom is -0.507 e. The molecular formula is C22H29NO. The lowest BCUT2D eigenvalue weighted by atomic mass is 9.91. The average molecular weight is 323 g/mol. The highest BCUT2D eigenvalue weighted by atomic mass is 16.3. The molecule has 2 nitrogen and oxygen atoms in total. The summed E-state index contributed by atoms with van der Waals surface area (Å²) < 4.78 is 0. The Balaban J connectivity index is 1.83. The molecule has 0 aliphatic carbocycles. The van der Waals surface area contributed by atoms with Crippen molar-refractivity contribution in [3.8, 4) is 16.9 Å². The molecule has 3 rings (SSSR count). The highest BCUT2D eigenvalue weighted by molar-refractivity contribution is 5.73. The maximum Gasteiger partial charge on any atom is 0.123 e. The molecule has 1 unspecified atom stereocenters. The molecular weight excluding hydrogens is 294 g/mol. The van der Waals surface area contributed by atoms with Gasteiger partial charge in [-0.15, -0.1) is 0 Å². The number of piperidine rings is 1. The van der Waals surface area contributed by atoms with E-state index in [-0.39, 0.29) is 0 Å². The molecule has 1 saturated heterocycles. The first-order valence-electron chi connectivity index (χ1n) is 9.29. The van der Waals surface area contributed by atoms with Crippen LogP contribution in [0.5, 0.6) is 5.75 Å². The van der Waals surface area contributed by atoms with Gasteiger partial charge >= 0.3 is 0 Å². The molecule has 0 bridgehead atoms. The van der Waals surface area contributed by atoms with Gasteiger partial charge in [-0.25, -0.2) is 0 Å². The van der Waals surface area contributed by atoms with Crippen molar-refractivity contribution in [1.29, 1.82) is 0 Å². The van der Waals surface area contributed by atoms with Crippen LogP contribution in [0.15, 0.2) is 42.5 Å². The van der Waals surface area contributed by atoms with Crippen LogP contribution < -0.4 is 0 Å². The molecule has 1 aliphatic heterocycles. The standard InChI is InChI=1S/C22H29NO/c1-3-17-11-14-22(24)21(16-17)20-10-5-4-8-18(20)12-13-19-9-6-7-15-23(19)2/h4-5,8,10-11,14,16,19,24H,3,6-7,9,12-13,15H2,1-2H3. The van der Waals surface area contributed by atoms with Gasteiger partial charge in [0.25, 0.3) is 0 Å². The fourth-order valence-corrected chi connectivity index (χ4v) is 3.85. The number of hydrogen-bond acceptors (Lipinski definition) is 2. The average Bonchev–Trinajstić information content (AvgIpc) is 2.62. The lowest BCUT2D eigenvalue weighted by molar-refractivity contribution is 0.176. The summed E-state index contributed by atoms with van der Waals surface area (Å²) in [5, 5.41) is 10.4. The van der Waals surface area contributed by atoms with E-state index in [0.29, 0.717) is 11.8 Å². The third kappa shape index (κ3) is 3.81. The second-order valence-electron chi connectivity index (χ2n) is 7.03. The number of phenolic OH excluding ortho intramolecular Hbond substituents is 1. The summed E-state index contributed by atoms with van der Waals surface area (Å²) in [4.78, 5) is 2.52. The van der Waals surface area contributed by atoms with Gasteiger partial charge in [-0.05, 0) is 74.5 Å². The fraction of sp³-hybridized carbons (Fsp3) is 0.455. The van der Waals surface area contributed by atoms with E-state index in [1.165, 1.54) is 48.9 Å². The minimum atomic E-state index is 0.384. The van der Waals surface area contributed by atoms with E-state index in [9.17, 15) is 5.11 Å². The van der Waals surface area contributed by atoms with Gasteiger partial charge in [-0.1, -0.05) is 43.7 Å². The highest BCUT2D eigenvalue weighted by Gasteiger charge is 2.19. The number of rotatable bonds is 5. The van der Waals surface area contributed by atoms with E-state index >= 15 is 0 Å². The van der Waals surface area contributed by atoms with Crippen molar-refractivity contribution >= 4 is 0 Å². The van der Waals surface area contributed by atoms with Crippen molar-refractivity contribution in [2.24, 2.45) is 0 Å². The van der Waals surface area contributed by atoms with Crippen LogP contribution in [-0.2, 0) is 12.8 Å². The van der Waals surface area contributed by atoms with Gasteiger partial charge in [-0.2, -0.15) is 0 Å². The molecule has 24 heavy (non-hydrogen) atoms. The van der Waals surface area contributed by atoms with Crippen LogP contribution in [0.4, 0.5) is 0 Å². The predicted octanol–water partition coefficient (Wildman–Crippen LogP) is 5.04. The zero-order chi connectivity index (χ0) is 16.9. The number of benzene rings is 2. The van der Waals surface area contributed by atoms with Crippen LogP contribution >= 0.6 is 0 Å². The quantitative estimate of drug-likeness (QED) is 0.833. The van der Waals surface area contributed by atoms with E-state index in [0.717, 1.165) is 18.4 Å². The third-order valence-corrected chi connectivity index (χ3v) is 5.45. The van der Waals surface area contributed by atoms with Crippen LogP contribution in [0, 0.1) is 0 Å². The van der Waals surface area contributed by atoms with Crippen molar-refractivity contribution in [3.05, 3.63) is 53.6 Å². The summed E-state index contributed by atoms with van der Waals surface area (Å²) in [6, 6.07) is 15.2. The number of aromatic hydroxyl groups is 1. The van der Waals surface area contributed by atoms with E-state index in [2.05, 4.69) is 49.2 Å². The van der Waals surface area contributed by atoms with Crippen LogP contribution in [0.1, 0.15) is 43.7 Å². The van der Waals surface area contributed by atoms with Crippen LogP contribution in [0.25, 0.3) is 11.1 Å². The number of nitrogens with zero attached hydrogens (tertiary/aromatic N) is 1. The second-order valence-corrected chi connectivity index (χ2v) is 7.03. The van der Waals surface area contributed by atoms with Crippen molar-refractivity contribution < 1.29 is 5.11 Å². The zero-order valence-electron chi connectivity index (χ0n) is 15.0. The Morgan fingerprint density at radius 2 is 1.92 bits per heavy atom.